The largest absolute Gasteiger partial charge is 1.00 e. The van der Waals surface area contributed by atoms with E-state index in [-0.39, 0.29) is 49.3 Å². The van der Waals surface area contributed by atoms with Gasteiger partial charge < -0.3 is 25.6 Å². The van der Waals surface area contributed by atoms with Gasteiger partial charge in [0.15, 0.2) is 6.61 Å². The molecule has 158 valence electrons. The SMILES string of the molecule is COP(=O)(OC)C1=C(C(=O)O)N2C(=O)C(NC(=O)COc3ccccc3)C2CC1.[H-].[Na+]. The van der Waals surface area contributed by atoms with Crippen molar-refractivity contribution in [2.45, 2.75) is 24.9 Å². The third-order valence-corrected chi connectivity index (χ3v) is 6.91. The van der Waals surface area contributed by atoms with E-state index in [1.807, 2.05) is 6.07 Å². The molecule has 1 fully saturated rings. The summed E-state index contributed by atoms with van der Waals surface area (Å²) in [5.41, 5.74) is -0.413. The number of amides is 2. The number of hydrogen-bond donors (Lipinski definition) is 2. The molecular formula is C18H22N2NaO8P. The van der Waals surface area contributed by atoms with E-state index in [2.05, 4.69) is 5.32 Å². The Morgan fingerprint density at radius 2 is 1.90 bits per heavy atom. The first-order chi connectivity index (χ1) is 13.8. The van der Waals surface area contributed by atoms with Crippen molar-refractivity contribution in [3.8, 4) is 5.75 Å². The Morgan fingerprint density at radius 1 is 1.27 bits per heavy atom. The minimum Gasteiger partial charge on any atom is -1.00 e. The van der Waals surface area contributed by atoms with Gasteiger partial charge in [0.25, 0.3) is 11.8 Å². The van der Waals surface area contributed by atoms with Crippen LogP contribution in [0.1, 0.15) is 14.3 Å². The van der Waals surface area contributed by atoms with Crippen LogP contribution in [0, 0.1) is 0 Å². The third-order valence-electron chi connectivity index (χ3n) is 4.85. The molecule has 2 N–H and O–H groups in total. The normalized spacial score (nSPS) is 20.6. The Morgan fingerprint density at radius 3 is 2.47 bits per heavy atom. The Kier molecular flexibility index (Phi) is 8.27. The summed E-state index contributed by atoms with van der Waals surface area (Å²) in [6, 6.07) is 7.30. The molecule has 30 heavy (non-hydrogen) atoms. The average Bonchev–Trinajstić information content (AvgIpc) is 2.74. The van der Waals surface area contributed by atoms with Gasteiger partial charge in [-0.3, -0.25) is 19.1 Å². The molecule has 10 nitrogen and oxygen atoms in total. The van der Waals surface area contributed by atoms with Gasteiger partial charge in [0, 0.05) is 14.2 Å². The van der Waals surface area contributed by atoms with Crippen LogP contribution in [0.25, 0.3) is 0 Å². The van der Waals surface area contributed by atoms with Crippen LogP contribution in [0.5, 0.6) is 5.75 Å². The molecule has 1 aromatic carbocycles. The molecule has 0 spiro atoms. The minimum atomic E-state index is -3.82. The van der Waals surface area contributed by atoms with E-state index in [0.717, 1.165) is 19.1 Å². The second-order valence-electron chi connectivity index (χ2n) is 6.42. The predicted octanol–water partition coefficient (Wildman–Crippen LogP) is -1.55. The van der Waals surface area contributed by atoms with Crippen LogP contribution < -0.4 is 39.6 Å². The van der Waals surface area contributed by atoms with Gasteiger partial charge in [-0.25, -0.2) is 4.79 Å². The van der Waals surface area contributed by atoms with E-state index in [1.165, 1.54) is 0 Å². The van der Waals surface area contributed by atoms with Crippen LogP contribution in [0.3, 0.4) is 0 Å². The molecule has 0 aliphatic carbocycles. The van der Waals surface area contributed by atoms with E-state index in [1.54, 1.807) is 24.3 Å². The van der Waals surface area contributed by atoms with Crippen molar-refractivity contribution in [1.82, 2.24) is 10.2 Å². The molecule has 0 radical (unpaired) electrons. The zero-order valence-electron chi connectivity index (χ0n) is 17.9. The summed E-state index contributed by atoms with van der Waals surface area (Å²) in [6.07, 6.45) is 0.404. The molecule has 0 bridgehead atoms. The van der Waals surface area contributed by atoms with Crippen molar-refractivity contribution in [2.75, 3.05) is 20.8 Å². The van der Waals surface area contributed by atoms with Gasteiger partial charge in [0.05, 0.1) is 11.4 Å². The molecule has 2 aliphatic heterocycles. The quantitative estimate of drug-likeness (QED) is 0.278. The predicted molar refractivity (Wildman–Crippen MR) is 101 cm³/mol. The van der Waals surface area contributed by atoms with Crippen LogP contribution in [-0.2, 0) is 28.0 Å². The number of para-hydroxylation sites is 1. The molecule has 12 heteroatoms. The molecular weight excluding hydrogens is 426 g/mol. The van der Waals surface area contributed by atoms with Crippen LogP contribution in [-0.4, -0.2) is 60.7 Å². The first kappa shape index (κ1) is 24.6. The Labute approximate surface area is 196 Å². The third kappa shape index (κ3) is 4.64. The summed E-state index contributed by atoms with van der Waals surface area (Å²) in [7, 11) is -1.52. The molecule has 2 aliphatic rings. The number of carboxylic acids is 1. The van der Waals surface area contributed by atoms with Crippen LogP contribution in [0.4, 0.5) is 0 Å². The average molecular weight is 448 g/mol. The van der Waals surface area contributed by atoms with Crippen LogP contribution in [0.15, 0.2) is 41.3 Å². The smallest absolute Gasteiger partial charge is 1.00 e. The van der Waals surface area contributed by atoms with Crippen molar-refractivity contribution in [2.24, 2.45) is 0 Å². The maximum atomic E-state index is 12.7. The Bertz CT molecular complexity index is 905. The van der Waals surface area contributed by atoms with Gasteiger partial charge in [-0.1, -0.05) is 18.2 Å². The zero-order valence-corrected chi connectivity index (χ0v) is 19.8. The molecule has 0 saturated carbocycles. The summed E-state index contributed by atoms with van der Waals surface area (Å²) in [4.78, 5) is 37.5. The number of rotatable bonds is 8. The molecule has 2 unspecified atom stereocenters. The van der Waals surface area contributed by atoms with E-state index in [0.29, 0.717) is 12.2 Å². The number of nitrogens with zero attached hydrogens (tertiary/aromatic N) is 1. The van der Waals surface area contributed by atoms with Gasteiger partial charge >= 0.3 is 43.1 Å². The number of nitrogens with one attached hydrogen (secondary N) is 1. The summed E-state index contributed by atoms with van der Waals surface area (Å²) < 4.78 is 27.8. The van der Waals surface area contributed by atoms with Gasteiger partial charge in [-0.2, -0.15) is 0 Å². The molecule has 2 heterocycles. The Balaban J connectivity index is 0.00000240. The molecule has 0 aromatic heterocycles. The second kappa shape index (κ2) is 10.1. The first-order valence-corrected chi connectivity index (χ1v) is 10.4. The number of β-lactam (4-membered cyclic amide) rings is 1. The van der Waals surface area contributed by atoms with E-state index in [4.69, 9.17) is 13.8 Å². The fraction of sp³-hybridized carbons (Fsp3) is 0.389. The fourth-order valence-electron chi connectivity index (χ4n) is 3.49. The summed E-state index contributed by atoms with van der Waals surface area (Å²) in [6.45, 7) is -0.282. The second-order valence-corrected chi connectivity index (χ2v) is 8.69. The van der Waals surface area contributed by atoms with Gasteiger partial charge in [-0.05, 0) is 25.0 Å². The number of carbonyl (C=O) groups excluding carboxylic acids is 2. The fourth-order valence-corrected chi connectivity index (χ4v) is 4.94. The molecule has 2 atom stereocenters. The summed E-state index contributed by atoms with van der Waals surface area (Å²) in [5, 5.41) is 12.1. The molecule has 1 aromatic rings. The van der Waals surface area contributed by atoms with Crippen molar-refractivity contribution in [3.05, 3.63) is 41.3 Å². The molecule has 3 rings (SSSR count). The maximum Gasteiger partial charge on any atom is 1.00 e. The van der Waals surface area contributed by atoms with E-state index >= 15 is 0 Å². The Hall–Kier alpha value is -1.68. The van der Waals surface area contributed by atoms with Crippen molar-refractivity contribution in [3.63, 3.8) is 0 Å². The van der Waals surface area contributed by atoms with E-state index < -0.39 is 43.2 Å². The topological polar surface area (TPSA) is 131 Å². The number of ether oxygens (including phenoxy) is 1. The monoisotopic (exact) mass is 448 g/mol. The number of carbonyl (C=O) groups is 3. The van der Waals surface area contributed by atoms with Gasteiger partial charge in [-0.15, -0.1) is 0 Å². The summed E-state index contributed by atoms with van der Waals surface area (Å²) in [5.74, 6) is -2.00. The number of aliphatic carboxylic acids is 1. The number of fused-ring (bicyclic) bond motifs is 1. The van der Waals surface area contributed by atoms with Crippen LogP contribution >= 0.6 is 7.60 Å². The number of carboxylic acid groups (broad SMARTS) is 1. The minimum absolute atomic E-state index is 0. The van der Waals surface area contributed by atoms with Crippen molar-refractivity contribution in [1.29, 1.82) is 0 Å². The molecule has 1 saturated heterocycles. The van der Waals surface area contributed by atoms with Crippen LogP contribution in [0.2, 0.25) is 0 Å². The zero-order chi connectivity index (χ0) is 21.2. The first-order valence-electron chi connectivity index (χ1n) is 8.81. The number of hydrogen-bond acceptors (Lipinski definition) is 7. The number of benzene rings is 1. The number of allylic oxidation sites excluding steroid dienone is 1. The maximum absolute atomic E-state index is 12.7. The standard InChI is InChI=1S/C18H21N2O8P.Na.H/c1-26-29(25,27-2)13-9-8-12-15(17(22)20(12)16(13)18(23)24)19-14(21)10-28-11-6-4-3-5-7-11;;/h3-7,12,15H,8-10H2,1-2H3,(H,19,21)(H,23,24);;/q;+1;-1. The van der Waals surface area contributed by atoms with E-state index in [9.17, 15) is 24.1 Å². The molecule has 2 amide bonds. The van der Waals surface area contributed by atoms with Crippen molar-refractivity contribution >= 4 is 25.4 Å². The van der Waals surface area contributed by atoms with Gasteiger partial charge in [0.2, 0.25) is 0 Å². The van der Waals surface area contributed by atoms with Gasteiger partial charge in [0.1, 0.15) is 17.5 Å². The summed E-state index contributed by atoms with van der Waals surface area (Å²) >= 11 is 0. The van der Waals surface area contributed by atoms with Crippen molar-refractivity contribution < 1.29 is 68.8 Å².